The van der Waals surface area contributed by atoms with Crippen molar-refractivity contribution in [1.82, 2.24) is 10.2 Å². The molecule has 2 nitrogen and oxygen atoms in total. The summed E-state index contributed by atoms with van der Waals surface area (Å²) in [5, 5.41) is 3.72. The molecule has 0 aromatic heterocycles. The van der Waals surface area contributed by atoms with Crippen LogP contribution < -0.4 is 5.32 Å². The molecule has 0 aromatic carbocycles. The molecule has 15 heavy (non-hydrogen) atoms. The second-order valence-electron chi connectivity index (χ2n) is 5.64. The van der Waals surface area contributed by atoms with Gasteiger partial charge in [0, 0.05) is 24.7 Å². The van der Waals surface area contributed by atoms with Crippen LogP contribution in [0.15, 0.2) is 0 Å². The van der Waals surface area contributed by atoms with Gasteiger partial charge in [0.15, 0.2) is 0 Å². The Hall–Kier alpha value is -0.0800. The van der Waals surface area contributed by atoms with Gasteiger partial charge in [0.1, 0.15) is 0 Å². The lowest BCUT2D eigenvalue weighted by molar-refractivity contribution is 0.0779. The van der Waals surface area contributed by atoms with Crippen molar-refractivity contribution in [3.05, 3.63) is 0 Å². The largest absolute Gasteiger partial charge is 0.309 e. The SMILES string of the molecule is CCN1CC(C)(CC)NCC1CC(C)C. The van der Waals surface area contributed by atoms with Crippen LogP contribution >= 0.6 is 0 Å². The first kappa shape index (κ1) is 13.0. The molecule has 2 unspecified atom stereocenters. The van der Waals surface area contributed by atoms with E-state index in [0.717, 1.165) is 18.5 Å². The van der Waals surface area contributed by atoms with Crippen molar-refractivity contribution in [1.29, 1.82) is 0 Å². The average molecular weight is 212 g/mol. The van der Waals surface area contributed by atoms with Gasteiger partial charge in [-0.3, -0.25) is 4.90 Å². The Labute approximate surface area is 95.4 Å². The molecule has 1 N–H and O–H groups in total. The van der Waals surface area contributed by atoms with E-state index in [1.54, 1.807) is 0 Å². The minimum atomic E-state index is 0.337. The smallest absolute Gasteiger partial charge is 0.0278 e. The lowest BCUT2D eigenvalue weighted by atomic mass is 9.91. The summed E-state index contributed by atoms with van der Waals surface area (Å²) < 4.78 is 0. The first-order valence-corrected chi connectivity index (χ1v) is 6.49. The van der Waals surface area contributed by atoms with E-state index in [4.69, 9.17) is 0 Å². The van der Waals surface area contributed by atoms with Crippen molar-refractivity contribution in [2.24, 2.45) is 5.92 Å². The molecule has 0 amide bonds. The molecule has 1 saturated heterocycles. The zero-order chi connectivity index (χ0) is 11.5. The van der Waals surface area contributed by atoms with Crippen LogP contribution in [0.4, 0.5) is 0 Å². The number of piperazine rings is 1. The van der Waals surface area contributed by atoms with Crippen LogP contribution in [-0.2, 0) is 0 Å². The number of nitrogens with zero attached hydrogens (tertiary/aromatic N) is 1. The molecule has 90 valence electrons. The predicted molar refractivity (Wildman–Crippen MR) is 67.2 cm³/mol. The molecular weight excluding hydrogens is 184 g/mol. The predicted octanol–water partition coefficient (Wildman–Crippen LogP) is 2.49. The van der Waals surface area contributed by atoms with Gasteiger partial charge >= 0.3 is 0 Å². The molecule has 1 aliphatic heterocycles. The lowest BCUT2D eigenvalue weighted by Crippen LogP contribution is -2.62. The summed E-state index contributed by atoms with van der Waals surface area (Å²) in [6.07, 6.45) is 2.54. The van der Waals surface area contributed by atoms with E-state index in [1.165, 1.54) is 25.9 Å². The maximum atomic E-state index is 3.72. The summed E-state index contributed by atoms with van der Waals surface area (Å²) in [5.41, 5.74) is 0.337. The Kier molecular flexibility index (Phi) is 4.60. The second kappa shape index (κ2) is 5.31. The third-order valence-electron chi connectivity index (χ3n) is 3.76. The van der Waals surface area contributed by atoms with Crippen LogP contribution in [0.25, 0.3) is 0 Å². The normalized spacial score (nSPS) is 33.6. The fourth-order valence-electron chi connectivity index (χ4n) is 2.51. The van der Waals surface area contributed by atoms with Crippen molar-refractivity contribution in [3.8, 4) is 0 Å². The molecule has 1 aliphatic rings. The van der Waals surface area contributed by atoms with Crippen molar-refractivity contribution < 1.29 is 0 Å². The maximum absolute atomic E-state index is 3.72. The van der Waals surface area contributed by atoms with Crippen molar-refractivity contribution >= 4 is 0 Å². The quantitative estimate of drug-likeness (QED) is 0.770. The number of likely N-dealkylation sites (N-methyl/N-ethyl adjacent to an activating group) is 1. The maximum Gasteiger partial charge on any atom is 0.0278 e. The summed E-state index contributed by atoms with van der Waals surface area (Å²) >= 11 is 0. The average Bonchev–Trinajstić information content (AvgIpc) is 2.20. The van der Waals surface area contributed by atoms with Gasteiger partial charge in [-0.1, -0.05) is 27.7 Å². The van der Waals surface area contributed by atoms with Crippen molar-refractivity contribution in [3.63, 3.8) is 0 Å². The van der Waals surface area contributed by atoms with Gasteiger partial charge in [-0.05, 0) is 32.2 Å². The van der Waals surface area contributed by atoms with Gasteiger partial charge in [-0.25, -0.2) is 0 Å². The Morgan fingerprint density at radius 1 is 1.40 bits per heavy atom. The molecule has 0 aliphatic carbocycles. The fourth-order valence-corrected chi connectivity index (χ4v) is 2.51. The summed E-state index contributed by atoms with van der Waals surface area (Å²) in [6.45, 7) is 15.1. The van der Waals surface area contributed by atoms with E-state index in [1.807, 2.05) is 0 Å². The highest BCUT2D eigenvalue weighted by Crippen LogP contribution is 2.21. The highest BCUT2D eigenvalue weighted by Gasteiger charge is 2.33. The number of hydrogen-bond donors (Lipinski definition) is 1. The van der Waals surface area contributed by atoms with Crippen LogP contribution in [-0.4, -0.2) is 36.1 Å². The first-order valence-electron chi connectivity index (χ1n) is 6.49. The topological polar surface area (TPSA) is 15.3 Å². The van der Waals surface area contributed by atoms with E-state index >= 15 is 0 Å². The molecule has 0 bridgehead atoms. The molecule has 0 aromatic rings. The standard InChI is InChI=1S/C13H28N2/c1-6-13(5)10-15(7-2)12(9-14-13)8-11(3)4/h11-12,14H,6-10H2,1-5H3. The molecule has 0 radical (unpaired) electrons. The first-order chi connectivity index (χ1) is 7.00. The molecule has 2 heteroatoms. The van der Waals surface area contributed by atoms with E-state index in [9.17, 15) is 0 Å². The molecule has 0 saturated carbocycles. The minimum absolute atomic E-state index is 0.337. The molecule has 1 heterocycles. The zero-order valence-electron chi connectivity index (χ0n) is 11.1. The third kappa shape index (κ3) is 3.46. The van der Waals surface area contributed by atoms with Gasteiger partial charge in [-0.15, -0.1) is 0 Å². The Morgan fingerprint density at radius 3 is 2.53 bits per heavy atom. The van der Waals surface area contributed by atoms with Gasteiger partial charge in [-0.2, -0.15) is 0 Å². The number of rotatable bonds is 4. The van der Waals surface area contributed by atoms with Crippen LogP contribution in [0, 0.1) is 5.92 Å². The zero-order valence-corrected chi connectivity index (χ0v) is 11.1. The molecular formula is C13H28N2. The minimum Gasteiger partial charge on any atom is -0.309 e. The lowest BCUT2D eigenvalue weighted by Gasteiger charge is -2.46. The third-order valence-corrected chi connectivity index (χ3v) is 3.76. The molecule has 0 spiro atoms. The number of hydrogen-bond acceptors (Lipinski definition) is 2. The van der Waals surface area contributed by atoms with Crippen molar-refractivity contribution in [2.75, 3.05) is 19.6 Å². The highest BCUT2D eigenvalue weighted by molar-refractivity contribution is 4.94. The van der Waals surface area contributed by atoms with E-state index < -0.39 is 0 Å². The Morgan fingerprint density at radius 2 is 2.07 bits per heavy atom. The monoisotopic (exact) mass is 212 g/mol. The van der Waals surface area contributed by atoms with E-state index in [0.29, 0.717) is 5.54 Å². The highest BCUT2D eigenvalue weighted by atomic mass is 15.2. The Bertz CT molecular complexity index is 191. The van der Waals surface area contributed by atoms with Crippen LogP contribution in [0.5, 0.6) is 0 Å². The second-order valence-corrected chi connectivity index (χ2v) is 5.64. The van der Waals surface area contributed by atoms with Crippen LogP contribution in [0.1, 0.15) is 47.5 Å². The fraction of sp³-hybridized carbons (Fsp3) is 1.00. The molecule has 1 rings (SSSR count). The van der Waals surface area contributed by atoms with Crippen LogP contribution in [0.3, 0.4) is 0 Å². The summed E-state index contributed by atoms with van der Waals surface area (Å²) in [6, 6.07) is 0.745. The van der Waals surface area contributed by atoms with Gasteiger partial charge < -0.3 is 5.32 Å². The van der Waals surface area contributed by atoms with E-state index in [-0.39, 0.29) is 0 Å². The van der Waals surface area contributed by atoms with E-state index in [2.05, 4.69) is 44.8 Å². The van der Waals surface area contributed by atoms with Crippen molar-refractivity contribution in [2.45, 2.75) is 59.0 Å². The molecule has 1 fully saturated rings. The van der Waals surface area contributed by atoms with Gasteiger partial charge in [0.05, 0.1) is 0 Å². The van der Waals surface area contributed by atoms with Gasteiger partial charge in [0.25, 0.3) is 0 Å². The van der Waals surface area contributed by atoms with Crippen LogP contribution in [0.2, 0.25) is 0 Å². The summed E-state index contributed by atoms with van der Waals surface area (Å²) in [7, 11) is 0. The number of nitrogens with one attached hydrogen (secondary N) is 1. The summed E-state index contributed by atoms with van der Waals surface area (Å²) in [5.74, 6) is 0.803. The summed E-state index contributed by atoms with van der Waals surface area (Å²) in [4.78, 5) is 2.65. The Balaban J connectivity index is 2.56. The molecule has 2 atom stereocenters. The van der Waals surface area contributed by atoms with Gasteiger partial charge in [0.2, 0.25) is 0 Å².